The molecule has 3 rings (SSSR count). The van der Waals surface area contributed by atoms with Gasteiger partial charge in [-0.15, -0.1) is 0 Å². The molecule has 3 aromatic rings. The van der Waals surface area contributed by atoms with Gasteiger partial charge in [0.1, 0.15) is 12.3 Å². The number of nitro groups is 1. The van der Waals surface area contributed by atoms with Gasteiger partial charge in [-0.2, -0.15) is 0 Å². The van der Waals surface area contributed by atoms with Gasteiger partial charge >= 0.3 is 0 Å². The molecule has 0 bridgehead atoms. The quantitative estimate of drug-likeness (QED) is 0.403. The number of anilines is 2. The van der Waals surface area contributed by atoms with Gasteiger partial charge in [0.05, 0.1) is 22.6 Å². The second-order valence-electron chi connectivity index (χ2n) is 6.96. The standard InChI is InChI=1S/C22H21N3O6S/c1-16-12-13-17(25(27)28)14-19(16)23-22(26)15-24(32(2,29)30)20-10-6-7-11-21(20)31-18-8-4-3-5-9-18/h3-14H,15H2,1-2H3,(H,23,26). The van der Waals surface area contributed by atoms with E-state index in [1.54, 1.807) is 49.4 Å². The number of benzene rings is 3. The maximum Gasteiger partial charge on any atom is 0.271 e. The van der Waals surface area contributed by atoms with Crippen molar-refractivity contribution in [1.29, 1.82) is 0 Å². The Bertz CT molecular complexity index is 1250. The van der Waals surface area contributed by atoms with Gasteiger partial charge in [-0.3, -0.25) is 19.2 Å². The number of non-ortho nitro benzene ring substituents is 1. The Morgan fingerprint density at radius 3 is 2.38 bits per heavy atom. The summed E-state index contributed by atoms with van der Waals surface area (Å²) in [5.41, 5.74) is 0.825. The summed E-state index contributed by atoms with van der Waals surface area (Å²) in [6.45, 7) is 1.13. The van der Waals surface area contributed by atoms with E-state index in [1.807, 2.05) is 6.07 Å². The van der Waals surface area contributed by atoms with Crippen LogP contribution in [-0.4, -0.2) is 32.0 Å². The average molecular weight is 455 g/mol. The minimum Gasteiger partial charge on any atom is -0.455 e. The summed E-state index contributed by atoms with van der Waals surface area (Å²) in [6, 6.07) is 19.3. The van der Waals surface area contributed by atoms with E-state index in [2.05, 4.69) is 5.32 Å². The Balaban J connectivity index is 1.89. The van der Waals surface area contributed by atoms with Crippen molar-refractivity contribution in [2.75, 3.05) is 22.4 Å². The number of nitro benzene ring substituents is 1. The first-order valence-electron chi connectivity index (χ1n) is 9.49. The zero-order chi connectivity index (χ0) is 23.3. The van der Waals surface area contributed by atoms with Gasteiger partial charge in [-0.25, -0.2) is 8.42 Å². The molecule has 0 fully saturated rings. The molecule has 0 aliphatic rings. The SMILES string of the molecule is Cc1ccc([N+](=O)[O-])cc1NC(=O)CN(c1ccccc1Oc1ccccc1)S(C)(=O)=O. The van der Waals surface area contributed by atoms with Crippen molar-refractivity contribution in [3.05, 3.63) is 88.5 Å². The largest absolute Gasteiger partial charge is 0.455 e. The van der Waals surface area contributed by atoms with Crippen LogP contribution >= 0.6 is 0 Å². The summed E-state index contributed by atoms with van der Waals surface area (Å²) in [5.74, 6) is 0.0991. The summed E-state index contributed by atoms with van der Waals surface area (Å²) in [6.07, 6.45) is 0.984. The number of sulfonamides is 1. The number of amides is 1. The molecule has 0 saturated carbocycles. The first-order valence-corrected chi connectivity index (χ1v) is 11.3. The zero-order valence-electron chi connectivity index (χ0n) is 17.4. The molecule has 3 aromatic carbocycles. The molecule has 0 aromatic heterocycles. The number of aryl methyl sites for hydroxylation is 1. The summed E-state index contributed by atoms with van der Waals surface area (Å²) in [5, 5.41) is 13.6. The fourth-order valence-corrected chi connectivity index (χ4v) is 3.78. The molecule has 1 amide bonds. The average Bonchev–Trinajstić information content (AvgIpc) is 2.74. The molecule has 0 aliphatic heterocycles. The van der Waals surface area contributed by atoms with Crippen LogP contribution in [-0.2, 0) is 14.8 Å². The second-order valence-corrected chi connectivity index (χ2v) is 8.86. The van der Waals surface area contributed by atoms with Crippen molar-refractivity contribution < 1.29 is 22.9 Å². The van der Waals surface area contributed by atoms with E-state index in [0.29, 0.717) is 11.3 Å². The molecule has 0 radical (unpaired) electrons. The summed E-state index contributed by atoms with van der Waals surface area (Å²) in [7, 11) is -3.87. The lowest BCUT2D eigenvalue weighted by atomic mass is 10.2. The van der Waals surface area contributed by atoms with Gasteiger partial charge in [0, 0.05) is 12.1 Å². The van der Waals surface area contributed by atoms with Crippen molar-refractivity contribution in [1.82, 2.24) is 0 Å². The Morgan fingerprint density at radius 1 is 1.06 bits per heavy atom. The summed E-state index contributed by atoms with van der Waals surface area (Å²) in [4.78, 5) is 23.2. The predicted molar refractivity (Wildman–Crippen MR) is 122 cm³/mol. The molecule has 1 N–H and O–H groups in total. The van der Waals surface area contributed by atoms with E-state index < -0.39 is 27.4 Å². The highest BCUT2D eigenvalue weighted by molar-refractivity contribution is 7.92. The maximum absolute atomic E-state index is 12.7. The second kappa shape index (κ2) is 9.48. The number of nitrogens with zero attached hydrogens (tertiary/aromatic N) is 2. The molecule has 9 nitrogen and oxygen atoms in total. The van der Waals surface area contributed by atoms with Gasteiger partial charge in [0.2, 0.25) is 15.9 Å². The minimum absolute atomic E-state index is 0.185. The first kappa shape index (κ1) is 22.8. The molecule has 10 heteroatoms. The number of carbonyl (C=O) groups is 1. The lowest BCUT2D eigenvalue weighted by molar-refractivity contribution is -0.384. The minimum atomic E-state index is -3.87. The number of para-hydroxylation sites is 3. The van der Waals surface area contributed by atoms with Gasteiger partial charge < -0.3 is 10.1 Å². The van der Waals surface area contributed by atoms with Gasteiger partial charge in [-0.05, 0) is 36.8 Å². The van der Waals surface area contributed by atoms with Crippen LogP contribution in [0, 0.1) is 17.0 Å². The van der Waals surface area contributed by atoms with Crippen LogP contribution in [0.25, 0.3) is 0 Å². The molecule has 0 unspecified atom stereocenters. The van der Waals surface area contributed by atoms with Crippen molar-refractivity contribution in [2.24, 2.45) is 0 Å². The van der Waals surface area contributed by atoms with Crippen molar-refractivity contribution in [3.8, 4) is 11.5 Å². The predicted octanol–water partition coefficient (Wildman–Crippen LogP) is 4.10. The number of hydrogen-bond donors (Lipinski definition) is 1. The third-order valence-electron chi connectivity index (χ3n) is 4.50. The normalized spacial score (nSPS) is 10.9. The first-order chi connectivity index (χ1) is 15.1. The van der Waals surface area contributed by atoms with Crippen molar-refractivity contribution in [3.63, 3.8) is 0 Å². The third kappa shape index (κ3) is 5.61. The van der Waals surface area contributed by atoms with Crippen LogP contribution in [0.4, 0.5) is 17.1 Å². The molecule has 0 saturated heterocycles. The van der Waals surface area contributed by atoms with Gasteiger partial charge in [0.15, 0.2) is 5.75 Å². The highest BCUT2D eigenvalue weighted by atomic mass is 32.2. The summed E-state index contributed by atoms with van der Waals surface area (Å²) < 4.78 is 31.8. The van der Waals surface area contributed by atoms with Gasteiger partial charge in [0.25, 0.3) is 5.69 Å². The van der Waals surface area contributed by atoms with E-state index in [4.69, 9.17) is 4.74 Å². The summed E-state index contributed by atoms with van der Waals surface area (Å²) >= 11 is 0. The smallest absolute Gasteiger partial charge is 0.271 e. The maximum atomic E-state index is 12.7. The fourth-order valence-electron chi connectivity index (χ4n) is 2.92. The van der Waals surface area contributed by atoms with Crippen LogP contribution in [0.2, 0.25) is 0 Å². The monoisotopic (exact) mass is 455 g/mol. The Labute approximate surface area is 185 Å². The number of rotatable bonds is 8. The Hall–Kier alpha value is -3.92. The van der Waals surface area contributed by atoms with E-state index in [0.717, 1.165) is 10.6 Å². The van der Waals surface area contributed by atoms with Crippen LogP contribution in [0.15, 0.2) is 72.8 Å². The lowest BCUT2D eigenvalue weighted by Crippen LogP contribution is -2.37. The van der Waals surface area contributed by atoms with Crippen molar-refractivity contribution >= 4 is 33.0 Å². The number of ether oxygens (including phenoxy) is 1. The van der Waals surface area contributed by atoms with Crippen LogP contribution in [0.5, 0.6) is 11.5 Å². The third-order valence-corrected chi connectivity index (χ3v) is 5.63. The van der Waals surface area contributed by atoms with E-state index in [1.165, 1.54) is 24.3 Å². The highest BCUT2D eigenvalue weighted by Crippen LogP contribution is 2.33. The fraction of sp³-hybridized carbons (Fsp3) is 0.136. The van der Waals surface area contributed by atoms with Crippen molar-refractivity contribution in [2.45, 2.75) is 6.92 Å². The molecule has 0 heterocycles. The molecule has 0 spiro atoms. The molecule has 32 heavy (non-hydrogen) atoms. The zero-order valence-corrected chi connectivity index (χ0v) is 18.2. The van der Waals surface area contributed by atoms with Crippen LogP contribution in [0.1, 0.15) is 5.56 Å². The number of nitrogens with one attached hydrogen (secondary N) is 1. The van der Waals surface area contributed by atoms with Gasteiger partial charge in [-0.1, -0.05) is 36.4 Å². The van der Waals surface area contributed by atoms with Crippen LogP contribution < -0.4 is 14.4 Å². The molecule has 0 atom stereocenters. The lowest BCUT2D eigenvalue weighted by Gasteiger charge is -2.24. The molecular weight excluding hydrogens is 434 g/mol. The van der Waals surface area contributed by atoms with Crippen LogP contribution in [0.3, 0.4) is 0 Å². The molecular formula is C22H21N3O6S. The van der Waals surface area contributed by atoms with E-state index >= 15 is 0 Å². The van der Waals surface area contributed by atoms with E-state index in [-0.39, 0.29) is 22.8 Å². The number of carbonyl (C=O) groups excluding carboxylic acids is 1. The molecule has 166 valence electrons. The Morgan fingerprint density at radius 2 is 1.72 bits per heavy atom. The molecule has 0 aliphatic carbocycles. The van der Waals surface area contributed by atoms with E-state index in [9.17, 15) is 23.3 Å². The topological polar surface area (TPSA) is 119 Å². The highest BCUT2D eigenvalue weighted by Gasteiger charge is 2.24. The Kier molecular flexibility index (Phi) is 6.74. The number of hydrogen-bond acceptors (Lipinski definition) is 6.